The van der Waals surface area contributed by atoms with Crippen LogP contribution in [0.2, 0.25) is 0 Å². The monoisotopic (exact) mass is 222 g/mol. The molecule has 0 fully saturated rings. The number of rotatable bonds is 5. The number of thioether (sulfide) groups is 1. The molecule has 1 rings (SSSR count). The largest absolute Gasteiger partial charge is 0.294 e. The summed E-state index contributed by atoms with van der Waals surface area (Å²) in [5.74, 6) is 1.28. The molecular formula is C13H18OS. The average Bonchev–Trinajstić information content (AvgIpc) is 2.21. The number of hydrogen-bond acceptors (Lipinski definition) is 2. The van der Waals surface area contributed by atoms with Crippen molar-refractivity contribution in [3.8, 4) is 0 Å². The number of carbonyl (C=O) groups excluding carboxylic acids is 1. The molecule has 0 N–H and O–H groups in total. The van der Waals surface area contributed by atoms with Gasteiger partial charge >= 0.3 is 0 Å². The lowest BCUT2D eigenvalue weighted by Crippen LogP contribution is -2.01. The van der Waals surface area contributed by atoms with E-state index in [9.17, 15) is 4.79 Å². The van der Waals surface area contributed by atoms with E-state index in [2.05, 4.69) is 19.1 Å². The molecule has 0 aliphatic carbocycles. The van der Waals surface area contributed by atoms with Gasteiger partial charge in [0.1, 0.15) is 0 Å². The minimum atomic E-state index is 0.275. The molecule has 0 aromatic heterocycles. The molecule has 15 heavy (non-hydrogen) atoms. The lowest BCUT2D eigenvalue weighted by atomic mass is 10.0. The number of hydrogen-bond donors (Lipinski definition) is 0. The Morgan fingerprint density at radius 1 is 1.33 bits per heavy atom. The van der Waals surface area contributed by atoms with Crippen LogP contribution < -0.4 is 0 Å². The van der Waals surface area contributed by atoms with Gasteiger partial charge < -0.3 is 0 Å². The fourth-order valence-corrected chi connectivity index (χ4v) is 2.31. The first kappa shape index (κ1) is 12.3. The predicted molar refractivity (Wildman–Crippen MR) is 66.8 cm³/mol. The zero-order chi connectivity index (χ0) is 11.3. The highest BCUT2D eigenvalue weighted by Crippen LogP contribution is 2.25. The second kappa shape index (κ2) is 5.96. The van der Waals surface area contributed by atoms with Crippen LogP contribution in [0, 0.1) is 6.92 Å². The van der Waals surface area contributed by atoms with Crippen molar-refractivity contribution in [1.82, 2.24) is 0 Å². The second-order valence-corrected chi connectivity index (χ2v) is 4.91. The third-order valence-corrected chi connectivity index (χ3v) is 3.17. The minimum absolute atomic E-state index is 0.275. The van der Waals surface area contributed by atoms with Crippen molar-refractivity contribution in [3.63, 3.8) is 0 Å². The van der Waals surface area contributed by atoms with Crippen LogP contribution in [0.3, 0.4) is 0 Å². The molecule has 0 spiro atoms. The lowest BCUT2D eigenvalue weighted by Gasteiger charge is -2.07. The maximum Gasteiger partial charge on any atom is 0.163 e. The number of aryl methyl sites for hydroxylation is 1. The first-order valence-corrected chi connectivity index (χ1v) is 6.44. The second-order valence-electron chi connectivity index (χ2n) is 3.61. The van der Waals surface area contributed by atoms with Crippen LogP contribution >= 0.6 is 11.8 Å². The summed E-state index contributed by atoms with van der Waals surface area (Å²) in [6.07, 6.45) is 1.57. The summed E-state index contributed by atoms with van der Waals surface area (Å²) >= 11 is 1.74. The molecule has 0 saturated heterocycles. The van der Waals surface area contributed by atoms with Crippen molar-refractivity contribution in [2.45, 2.75) is 38.5 Å². The van der Waals surface area contributed by atoms with Gasteiger partial charge in [-0.15, -0.1) is 11.8 Å². The van der Waals surface area contributed by atoms with Gasteiger partial charge in [0.25, 0.3) is 0 Å². The number of ketones is 1. The molecule has 0 aliphatic rings. The summed E-state index contributed by atoms with van der Waals surface area (Å²) < 4.78 is 0. The normalized spacial score (nSPS) is 10.3. The Morgan fingerprint density at radius 3 is 2.67 bits per heavy atom. The lowest BCUT2D eigenvalue weighted by molar-refractivity contribution is 0.0979. The van der Waals surface area contributed by atoms with Gasteiger partial charge in [-0.2, -0.15) is 0 Å². The van der Waals surface area contributed by atoms with E-state index in [1.807, 2.05) is 19.9 Å². The molecule has 0 unspecified atom stereocenters. The molecule has 0 radical (unpaired) electrons. The Bertz CT molecular complexity index is 344. The average molecular weight is 222 g/mol. The molecule has 0 amide bonds. The highest BCUT2D eigenvalue weighted by Gasteiger charge is 2.10. The SMILES string of the molecule is CCCC(=O)c1cc(C)ccc1SCC. The van der Waals surface area contributed by atoms with E-state index in [-0.39, 0.29) is 5.78 Å². The Hall–Kier alpha value is -0.760. The minimum Gasteiger partial charge on any atom is -0.294 e. The van der Waals surface area contributed by atoms with E-state index in [1.54, 1.807) is 11.8 Å². The molecular weight excluding hydrogens is 204 g/mol. The van der Waals surface area contributed by atoms with Crippen LogP contribution in [0.4, 0.5) is 0 Å². The van der Waals surface area contributed by atoms with Crippen molar-refractivity contribution in [2.75, 3.05) is 5.75 Å². The fraction of sp³-hybridized carbons (Fsp3) is 0.462. The summed E-state index contributed by atoms with van der Waals surface area (Å²) in [6.45, 7) is 6.18. The number of carbonyl (C=O) groups is 1. The van der Waals surface area contributed by atoms with E-state index >= 15 is 0 Å². The molecule has 0 aliphatic heterocycles. The highest BCUT2D eigenvalue weighted by molar-refractivity contribution is 7.99. The summed E-state index contributed by atoms with van der Waals surface area (Å²) in [6, 6.07) is 6.14. The van der Waals surface area contributed by atoms with Gasteiger partial charge in [-0.05, 0) is 31.2 Å². The van der Waals surface area contributed by atoms with Crippen molar-refractivity contribution in [1.29, 1.82) is 0 Å². The molecule has 0 saturated carbocycles. The van der Waals surface area contributed by atoms with Gasteiger partial charge in [0.05, 0.1) is 0 Å². The van der Waals surface area contributed by atoms with Crippen LogP contribution in [0.5, 0.6) is 0 Å². The Labute approximate surface area is 96.3 Å². The van der Waals surface area contributed by atoms with Crippen LogP contribution in [0.25, 0.3) is 0 Å². The first-order chi connectivity index (χ1) is 7.19. The zero-order valence-corrected chi connectivity index (χ0v) is 10.5. The molecule has 2 heteroatoms. The van der Waals surface area contributed by atoms with Crippen molar-refractivity contribution in [2.24, 2.45) is 0 Å². The molecule has 0 bridgehead atoms. The van der Waals surface area contributed by atoms with Gasteiger partial charge in [0, 0.05) is 16.9 Å². The summed E-state index contributed by atoms with van der Waals surface area (Å²) in [5.41, 5.74) is 2.07. The van der Waals surface area contributed by atoms with Gasteiger partial charge in [-0.25, -0.2) is 0 Å². The molecule has 82 valence electrons. The summed E-state index contributed by atoms with van der Waals surface area (Å²) in [7, 11) is 0. The Kier molecular flexibility index (Phi) is 4.89. The molecule has 1 aromatic rings. The molecule has 0 atom stereocenters. The van der Waals surface area contributed by atoms with E-state index in [4.69, 9.17) is 0 Å². The van der Waals surface area contributed by atoms with Gasteiger partial charge in [0.2, 0.25) is 0 Å². The van der Waals surface area contributed by atoms with Crippen molar-refractivity contribution < 1.29 is 4.79 Å². The number of benzene rings is 1. The topological polar surface area (TPSA) is 17.1 Å². The van der Waals surface area contributed by atoms with Crippen LogP contribution in [0.15, 0.2) is 23.1 Å². The predicted octanol–water partition coefficient (Wildman–Crippen LogP) is 4.09. The van der Waals surface area contributed by atoms with Crippen LogP contribution in [0.1, 0.15) is 42.6 Å². The van der Waals surface area contributed by atoms with Gasteiger partial charge in [0.15, 0.2) is 5.78 Å². The third kappa shape index (κ3) is 3.38. The molecule has 1 aromatic carbocycles. The van der Waals surface area contributed by atoms with Crippen LogP contribution in [-0.2, 0) is 0 Å². The molecule has 0 heterocycles. The maximum atomic E-state index is 11.9. The van der Waals surface area contributed by atoms with E-state index in [0.717, 1.165) is 28.2 Å². The Balaban J connectivity index is 3.00. The smallest absolute Gasteiger partial charge is 0.163 e. The van der Waals surface area contributed by atoms with E-state index in [0.29, 0.717) is 6.42 Å². The Morgan fingerprint density at radius 2 is 2.07 bits per heavy atom. The van der Waals surface area contributed by atoms with Crippen molar-refractivity contribution >= 4 is 17.5 Å². The summed E-state index contributed by atoms with van der Waals surface area (Å²) in [5, 5.41) is 0. The maximum absolute atomic E-state index is 11.9. The van der Waals surface area contributed by atoms with Gasteiger partial charge in [-0.1, -0.05) is 25.5 Å². The van der Waals surface area contributed by atoms with Crippen molar-refractivity contribution in [3.05, 3.63) is 29.3 Å². The van der Waals surface area contributed by atoms with E-state index in [1.165, 1.54) is 0 Å². The van der Waals surface area contributed by atoms with Gasteiger partial charge in [-0.3, -0.25) is 4.79 Å². The summed E-state index contributed by atoms with van der Waals surface area (Å²) in [4.78, 5) is 13.0. The fourth-order valence-electron chi connectivity index (χ4n) is 1.50. The quantitative estimate of drug-likeness (QED) is 0.551. The molecule has 1 nitrogen and oxygen atoms in total. The first-order valence-electron chi connectivity index (χ1n) is 5.45. The zero-order valence-electron chi connectivity index (χ0n) is 9.67. The standard InChI is InChI=1S/C13H18OS/c1-4-6-12(14)11-9-10(3)7-8-13(11)15-5-2/h7-9H,4-6H2,1-3H3. The third-order valence-electron chi connectivity index (χ3n) is 2.21. The van der Waals surface area contributed by atoms with Crippen LogP contribution in [-0.4, -0.2) is 11.5 Å². The van der Waals surface area contributed by atoms with E-state index < -0.39 is 0 Å². The highest BCUT2D eigenvalue weighted by atomic mass is 32.2. The number of Topliss-reactive ketones (excluding diaryl/α,β-unsaturated/α-hetero) is 1.